The number of hydrogen-bond acceptors (Lipinski definition) is 2. The van der Waals surface area contributed by atoms with Crippen LogP contribution in [0.15, 0.2) is 29.3 Å². The second kappa shape index (κ2) is 4.27. The van der Waals surface area contributed by atoms with Gasteiger partial charge in [0.05, 0.1) is 17.7 Å². The van der Waals surface area contributed by atoms with Gasteiger partial charge < -0.3 is 0 Å². The van der Waals surface area contributed by atoms with E-state index in [0.29, 0.717) is 0 Å². The zero-order valence-corrected chi connectivity index (χ0v) is 8.90. The third-order valence-corrected chi connectivity index (χ3v) is 2.84. The molecular formula is C13H14N2. The van der Waals surface area contributed by atoms with E-state index in [-0.39, 0.29) is 5.92 Å². The summed E-state index contributed by atoms with van der Waals surface area (Å²) >= 11 is 0. The molecule has 1 atom stereocenters. The van der Waals surface area contributed by atoms with Crippen LogP contribution in [0.4, 0.5) is 5.69 Å². The summed E-state index contributed by atoms with van der Waals surface area (Å²) in [6.07, 6.45) is 2.80. The Balaban J connectivity index is 2.19. The second-order valence-corrected chi connectivity index (χ2v) is 4.03. The molecule has 0 radical (unpaired) electrons. The van der Waals surface area contributed by atoms with Crippen LogP contribution in [-0.4, -0.2) is 5.71 Å². The highest BCUT2D eigenvalue weighted by molar-refractivity contribution is 5.89. The van der Waals surface area contributed by atoms with Crippen LogP contribution in [0.1, 0.15) is 24.8 Å². The van der Waals surface area contributed by atoms with Gasteiger partial charge in [-0.05, 0) is 31.4 Å². The van der Waals surface area contributed by atoms with Gasteiger partial charge in [0.25, 0.3) is 0 Å². The molecule has 2 heteroatoms. The molecule has 0 N–H and O–H groups in total. The van der Waals surface area contributed by atoms with Gasteiger partial charge in [-0.15, -0.1) is 0 Å². The number of rotatable bonds is 1. The van der Waals surface area contributed by atoms with E-state index in [1.807, 2.05) is 18.2 Å². The van der Waals surface area contributed by atoms with E-state index in [1.54, 1.807) is 0 Å². The summed E-state index contributed by atoms with van der Waals surface area (Å²) in [5, 5.41) is 8.80. The Morgan fingerprint density at radius 2 is 2.20 bits per heavy atom. The fourth-order valence-corrected chi connectivity index (χ4v) is 1.90. The zero-order valence-electron chi connectivity index (χ0n) is 8.90. The van der Waals surface area contributed by atoms with Crippen LogP contribution in [0.5, 0.6) is 0 Å². The van der Waals surface area contributed by atoms with Gasteiger partial charge in [0.2, 0.25) is 0 Å². The molecule has 1 aromatic rings. The number of nitrogens with zero attached hydrogens (tertiary/aromatic N) is 2. The molecule has 1 aliphatic rings. The van der Waals surface area contributed by atoms with Gasteiger partial charge in [0.15, 0.2) is 0 Å². The summed E-state index contributed by atoms with van der Waals surface area (Å²) < 4.78 is 0. The molecule has 1 fully saturated rings. The van der Waals surface area contributed by atoms with E-state index in [4.69, 9.17) is 5.26 Å². The Bertz CT molecular complexity index is 426. The monoisotopic (exact) mass is 198 g/mol. The minimum Gasteiger partial charge on any atom is -0.258 e. The standard InChI is InChI=1S/C13H14N2/c1-10-4-2-3-5-13(10)15-12-7-6-11(8-12)9-14/h2-5,11H,6-8H2,1H3. The van der Waals surface area contributed by atoms with Crippen molar-refractivity contribution in [2.75, 3.05) is 0 Å². The van der Waals surface area contributed by atoms with Crippen LogP contribution in [0, 0.1) is 24.2 Å². The first-order chi connectivity index (χ1) is 7.29. The summed E-state index contributed by atoms with van der Waals surface area (Å²) in [5.74, 6) is 0.188. The van der Waals surface area contributed by atoms with Crippen molar-refractivity contribution in [1.82, 2.24) is 0 Å². The third kappa shape index (κ3) is 2.24. The van der Waals surface area contributed by atoms with E-state index in [2.05, 4.69) is 24.1 Å². The molecule has 0 heterocycles. The predicted octanol–water partition coefficient (Wildman–Crippen LogP) is 3.39. The Labute approximate surface area is 90.3 Å². The highest BCUT2D eigenvalue weighted by atomic mass is 14.8. The lowest BCUT2D eigenvalue weighted by molar-refractivity contribution is 0.711. The molecule has 76 valence electrons. The van der Waals surface area contributed by atoms with Gasteiger partial charge in [-0.3, -0.25) is 4.99 Å². The molecule has 0 spiro atoms. The third-order valence-electron chi connectivity index (χ3n) is 2.84. The second-order valence-electron chi connectivity index (χ2n) is 4.03. The SMILES string of the molecule is Cc1ccccc1N=C1CCC(C#N)C1. The van der Waals surface area contributed by atoms with Gasteiger partial charge in [-0.25, -0.2) is 0 Å². The van der Waals surface area contributed by atoms with Crippen LogP contribution in [0.25, 0.3) is 0 Å². The average Bonchev–Trinajstić information content (AvgIpc) is 2.69. The van der Waals surface area contributed by atoms with E-state index in [1.165, 1.54) is 11.3 Å². The smallest absolute Gasteiger partial charge is 0.0659 e. The normalized spacial score (nSPS) is 22.9. The number of aliphatic imine (C=N–C) groups is 1. The van der Waals surface area contributed by atoms with Crippen LogP contribution >= 0.6 is 0 Å². The molecule has 1 aromatic carbocycles. The highest BCUT2D eigenvalue weighted by Gasteiger charge is 2.19. The van der Waals surface area contributed by atoms with E-state index < -0.39 is 0 Å². The van der Waals surface area contributed by atoms with E-state index in [9.17, 15) is 0 Å². The molecule has 2 rings (SSSR count). The maximum absolute atomic E-state index is 8.80. The van der Waals surface area contributed by atoms with Crippen molar-refractivity contribution in [2.45, 2.75) is 26.2 Å². The summed E-state index contributed by atoms with van der Waals surface area (Å²) in [6.45, 7) is 2.07. The first-order valence-corrected chi connectivity index (χ1v) is 5.31. The molecule has 0 amide bonds. The number of hydrogen-bond donors (Lipinski definition) is 0. The molecule has 15 heavy (non-hydrogen) atoms. The minimum atomic E-state index is 0.188. The molecule has 1 aliphatic carbocycles. The number of benzene rings is 1. The van der Waals surface area contributed by atoms with Crippen LogP contribution in [-0.2, 0) is 0 Å². The lowest BCUT2D eigenvalue weighted by Gasteiger charge is -2.00. The van der Waals surface area contributed by atoms with Crippen LogP contribution in [0.2, 0.25) is 0 Å². The Morgan fingerprint density at radius 3 is 2.87 bits per heavy atom. The van der Waals surface area contributed by atoms with Crippen LogP contribution < -0.4 is 0 Å². The van der Waals surface area contributed by atoms with Crippen molar-refractivity contribution in [3.8, 4) is 6.07 Å². The van der Waals surface area contributed by atoms with Gasteiger partial charge in [0.1, 0.15) is 0 Å². The number of para-hydroxylation sites is 1. The fraction of sp³-hybridized carbons (Fsp3) is 0.385. The topological polar surface area (TPSA) is 36.1 Å². The fourth-order valence-electron chi connectivity index (χ4n) is 1.90. The molecule has 0 aromatic heterocycles. The molecule has 0 saturated heterocycles. The summed E-state index contributed by atoms with van der Waals surface area (Å²) in [4.78, 5) is 4.62. The van der Waals surface area contributed by atoms with E-state index >= 15 is 0 Å². The highest BCUT2D eigenvalue weighted by Crippen LogP contribution is 2.26. The quantitative estimate of drug-likeness (QED) is 0.681. The molecule has 2 nitrogen and oxygen atoms in total. The molecule has 0 aliphatic heterocycles. The Kier molecular flexibility index (Phi) is 2.82. The van der Waals surface area contributed by atoms with Crippen molar-refractivity contribution < 1.29 is 0 Å². The van der Waals surface area contributed by atoms with Crippen molar-refractivity contribution in [3.05, 3.63) is 29.8 Å². The maximum Gasteiger partial charge on any atom is 0.0659 e. The molecule has 1 unspecified atom stereocenters. The summed E-state index contributed by atoms with van der Waals surface area (Å²) in [5.41, 5.74) is 3.42. The Morgan fingerprint density at radius 1 is 1.40 bits per heavy atom. The van der Waals surface area contributed by atoms with Crippen molar-refractivity contribution >= 4 is 11.4 Å². The average molecular weight is 198 g/mol. The van der Waals surface area contributed by atoms with Crippen LogP contribution in [0.3, 0.4) is 0 Å². The maximum atomic E-state index is 8.80. The lowest BCUT2D eigenvalue weighted by atomic mass is 10.1. The summed E-state index contributed by atoms with van der Waals surface area (Å²) in [7, 11) is 0. The molecule has 0 bridgehead atoms. The predicted molar refractivity (Wildman–Crippen MR) is 61.2 cm³/mol. The number of nitriles is 1. The van der Waals surface area contributed by atoms with Gasteiger partial charge in [0, 0.05) is 12.1 Å². The zero-order chi connectivity index (χ0) is 10.7. The number of aryl methyl sites for hydroxylation is 1. The van der Waals surface area contributed by atoms with Crippen molar-refractivity contribution in [2.24, 2.45) is 10.9 Å². The minimum absolute atomic E-state index is 0.188. The molecular weight excluding hydrogens is 184 g/mol. The van der Waals surface area contributed by atoms with Gasteiger partial charge >= 0.3 is 0 Å². The van der Waals surface area contributed by atoms with E-state index in [0.717, 1.165) is 24.9 Å². The molecule has 1 saturated carbocycles. The summed E-state index contributed by atoms with van der Waals surface area (Å²) in [6, 6.07) is 10.4. The lowest BCUT2D eigenvalue weighted by Crippen LogP contribution is -1.91. The first kappa shape index (κ1) is 9.92. The van der Waals surface area contributed by atoms with Crippen molar-refractivity contribution in [1.29, 1.82) is 5.26 Å². The van der Waals surface area contributed by atoms with Gasteiger partial charge in [-0.2, -0.15) is 5.26 Å². The van der Waals surface area contributed by atoms with Crippen molar-refractivity contribution in [3.63, 3.8) is 0 Å². The first-order valence-electron chi connectivity index (χ1n) is 5.31. The van der Waals surface area contributed by atoms with Gasteiger partial charge in [-0.1, -0.05) is 18.2 Å². The largest absolute Gasteiger partial charge is 0.258 e. The Hall–Kier alpha value is -1.62.